The highest BCUT2D eigenvalue weighted by Crippen LogP contribution is 2.37. The summed E-state index contributed by atoms with van der Waals surface area (Å²) in [4.78, 5) is 24.8. The number of carbonyl (C=O) groups excluding carboxylic acids is 2. The zero-order valence-electron chi connectivity index (χ0n) is 25.1. The van der Waals surface area contributed by atoms with Crippen LogP contribution in [0.2, 0.25) is 0 Å². The highest BCUT2D eigenvalue weighted by molar-refractivity contribution is 7.89. The molecule has 0 unspecified atom stereocenters. The maximum atomic E-state index is 13.6. The smallest absolute Gasteiger partial charge is 0.407 e. The van der Waals surface area contributed by atoms with Gasteiger partial charge in [0.1, 0.15) is 11.9 Å². The number of ether oxygens (including phenoxy) is 3. The van der Waals surface area contributed by atoms with Gasteiger partial charge in [0.25, 0.3) is 0 Å². The lowest BCUT2D eigenvalue weighted by molar-refractivity contribution is -0.119. The summed E-state index contributed by atoms with van der Waals surface area (Å²) < 4.78 is 45.3. The summed E-state index contributed by atoms with van der Waals surface area (Å²) in [6, 6.07) is 14.5. The number of nitrogens with one attached hydrogen (secondary N) is 2. The van der Waals surface area contributed by atoms with Crippen LogP contribution in [0.15, 0.2) is 59.5 Å². The number of fused-ring (bicyclic) bond motifs is 1. The first-order valence-electron chi connectivity index (χ1n) is 14.7. The van der Waals surface area contributed by atoms with E-state index in [9.17, 15) is 23.1 Å². The molecule has 43 heavy (non-hydrogen) atoms. The number of alkyl carbamates (subject to hydrolysis) is 1. The molecule has 3 N–H and O–H groups in total. The molecule has 6 atom stereocenters. The van der Waals surface area contributed by atoms with Gasteiger partial charge >= 0.3 is 6.09 Å². The number of aliphatic hydroxyl groups excluding tert-OH is 1. The minimum absolute atomic E-state index is 0.0175. The molecule has 1 saturated carbocycles. The Balaban J connectivity index is 1.47. The number of hydrogen-bond donors (Lipinski definition) is 3. The summed E-state index contributed by atoms with van der Waals surface area (Å²) in [7, 11) is -2.46. The number of amides is 2. The lowest BCUT2D eigenvalue weighted by Crippen LogP contribution is -2.51. The quantitative estimate of drug-likeness (QED) is 0.311. The molecule has 2 aliphatic rings. The van der Waals surface area contributed by atoms with Crippen molar-refractivity contribution in [1.29, 1.82) is 0 Å². The van der Waals surface area contributed by atoms with E-state index in [1.54, 1.807) is 12.1 Å². The molecule has 1 aliphatic heterocycles. The Morgan fingerprint density at radius 2 is 1.77 bits per heavy atom. The molecule has 4 rings (SSSR count). The lowest BCUT2D eigenvalue weighted by Gasteiger charge is -2.31. The van der Waals surface area contributed by atoms with Gasteiger partial charge in [-0.1, -0.05) is 44.2 Å². The Bertz CT molecular complexity index is 1320. The highest BCUT2D eigenvalue weighted by atomic mass is 32.2. The Labute approximate surface area is 253 Å². The normalized spacial score (nSPS) is 23.0. The van der Waals surface area contributed by atoms with Crippen molar-refractivity contribution in [3.05, 3.63) is 60.2 Å². The molecule has 1 saturated heterocycles. The largest absolute Gasteiger partial charge is 0.497 e. The van der Waals surface area contributed by atoms with Crippen LogP contribution in [0.3, 0.4) is 0 Å². The molecule has 0 radical (unpaired) electrons. The van der Waals surface area contributed by atoms with Crippen LogP contribution in [0.4, 0.5) is 4.79 Å². The van der Waals surface area contributed by atoms with E-state index < -0.39 is 34.4 Å². The van der Waals surface area contributed by atoms with E-state index in [4.69, 9.17) is 14.2 Å². The second kappa shape index (κ2) is 14.5. The highest BCUT2D eigenvalue weighted by Gasteiger charge is 2.46. The third-order valence-corrected chi connectivity index (χ3v) is 9.75. The number of carbonyl (C=O) groups is 2. The zero-order valence-corrected chi connectivity index (χ0v) is 26.0. The summed E-state index contributed by atoms with van der Waals surface area (Å²) in [5.74, 6) is 0.439. The van der Waals surface area contributed by atoms with Crippen LogP contribution in [0.1, 0.15) is 39.2 Å². The summed E-state index contributed by atoms with van der Waals surface area (Å²) in [5.41, 5.74) is 0.863. The van der Waals surface area contributed by atoms with E-state index in [1.165, 1.54) is 30.5 Å². The standard InChI is InChI=1S/C31H43N3O8S/c1-20(2)17-34(43(38,39)25-12-10-23(40-4)11-13-25)18-29(36)27(14-22-8-6-5-7-9-22)33-31(37)42-24-15-26-28(32-21(3)35)19-41-30(26)16-24/h5-13,20,24,26-30,36H,14-19H2,1-4H3,(H,32,35)(H,33,37)/t24-,26-,27+,28-,29-,30-/m1/s1. The van der Waals surface area contributed by atoms with Crippen molar-refractivity contribution in [3.8, 4) is 5.75 Å². The van der Waals surface area contributed by atoms with Gasteiger partial charge in [-0.25, -0.2) is 13.2 Å². The Hall–Kier alpha value is -3.19. The Morgan fingerprint density at radius 1 is 1.07 bits per heavy atom. The maximum Gasteiger partial charge on any atom is 0.407 e. The van der Waals surface area contributed by atoms with Gasteiger partial charge in [-0.15, -0.1) is 0 Å². The number of benzene rings is 2. The average Bonchev–Trinajstić information content (AvgIpc) is 3.53. The number of aliphatic hydroxyl groups is 1. The molecule has 0 bridgehead atoms. The predicted molar refractivity (Wildman–Crippen MR) is 160 cm³/mol. The topological polar surface area (TPSA) is 144 Å². The number of rotatable bonds is 13. The fraction of sp³-hybridized carbons (Fsp3) is 0.548. The van der Waals surface area contributed by atoms with Crippen molar-refractivity contribution in [3.63, 3.8) is 0 Å². The number of nitrogens with zero attached hydrogens (tertiary/aromatic N) is 1. The first-order chi connectivity index (χ1) is 20.5. The molecule has 0 spiro atoms. The van der Waals surface area contributed by atoms with Gasteiger partial charge in [0.2, 0.25) is 15.9 Å². The first-order valence-corrected chi connectivity index (χ1v) is 16.1. The maximum absolute atomic E-state index is 13.6. The second-order valence-corrected chi connectivity index (χ2v) is 13.7. The average molecular weight is 618 g/mol. The Kier molecular flexibility index (Phi) is 11.0. The zero-order chi connectivity index (χ0) is 31.1. The van der Waals surface area contributed by atoms with Crippen LogP contribution in [0.25, 0.3) is 0 Å². The molecular weight excluding hydrogens is 574 g/mol. The van der Waals surface area contributed by atoms with Crippen LogP contribution in [0, 0.1) is 11.8 Å². The number of methoxy groups -OCH3 is 1. The summed E-state index contributed by atoms with van der Waals surface area (Å²) in [6.07, 6.45) is -1.12. The summed E-state index contributed by atoms with van der Waals surface area (Å²) in [5, 5.41) is 17.2. The molecular formula is C31H43N3O8S. The van der Waals surface area contributed by atoms with Gasteiger partial charge in [-0.05, 0) is 48.6 Å². The van der Waals surface area contributed by atoms with Crippen molar-refractivity contribution < 1.29 is 37.3 Å². The minimum Gasteiger partial charge on any atom is -0.497 e. The van der Waals surface area contributed by atoms with Crippen molar-refractivity contribution in [2.45, 2.75) is 75.3 Å². The van der Waals surface area contributed by atoms with Crippen molar-refractivity contribution in [1.82, 2.24) is 14.9 Å². The van der Waals surface area contributed by atoms with E-state index in [1.807, 2.05) is 44.2 Å². The van der Waals surface area contributed by atoms with Gasteiger partial charge in [0.05, 0.1) is 42.9 Å². The second-order valence-electron chi connectivity index (χ2n) is 11.7. The van der Waals surface area contributed by atoms with Crippen LogP contribution in [-0.4, -0.2) is 87.0 Å². The Morgan fingerprint density at radius 3 is 2.40 bits per heavy atom. The van der Waals surface area contributed by atoms with Crippen molar-refractivity contribution in [2.75, 3.05) is 26.8 Å². The summed E-state index contributed by atoms with van der Waals surface area (Å²) >= 11 is 0. The van der Waals surface area contributed by atoms with Crippen LogP contribution in [0.5, 0.6) is 5.75 Å². The minimum atomic E-state index is -3.96. The number of hydrogen-bond acceptors (Lipinski definition) is 8. The van der Waals surface area contributed by atoms with Crippen molar-refractivity contribution >= 4 is 22.0 Å². The van der Waals surface area contributed by atoms with Crippen molar-refractivity contribution in [2.24, 2.45) is 11.8 Å². The van der Waals surface area contributed by atoms with E-state index in [2.05, 4.69) is 10.6 Å². The molecule has 0 aromatic heterocycles. The van der Waals surface area contributed by atoms with Gasteiger partial charge < -0.3 is 30.0 Å². The van der Waals surface area contributed by atoms with E-state index in [-0.39, 0.29) is 54.3 Å². The fourth-order valence-corrected chi connectivity index (χ4v) is 7.48. The van der Waals surface area contributed by atoms with E-state index >= 15 is 0 Å². The summed E-state index contributed by atoms with van der Waals surface area (Å²) in [6.45, 7) is 5.64. The third-order valence-electron chi connectivity index (χ3n) is 7.90. The first kappa shape index (κ1) is 32.7. The molecule has 11 nitrogen and oxygen atoms in total. The third kappa shape index (κ3) is 8.69. The van der Waals surface area contributed by atoms with Gasteiger partial charge in [-0.3, -0.25) is 4.79 Å². The predicted octanol–water partition coefficient (Wildman–Crippen LogP) is 2.72. The SMILES string of the molecule is COc1ccc(S(=O)(=O)N(CC(C)C)C[C@@H](O)[C@H](Cc2ccccc2)NC(=O)O[C@@H]2C[C@@H]3[C@H](NC(C)=O)CO[C@@H]3C2)cc1. The molecule has 12 heteroatoms. The number of sulfonamides is 1. The molecule has 2 aromatic carbocycles. The molecule has 2 aromatic rings. The van der Waals surface area contributed by atoms with Crippen LogP contribution >= 0.6 is 0 Å². The monoisotopic (exact) mass is 617 g/mol. The lowest BCUT2D eigenvalue weighted by atomic mass is 9.99. The van der Waals surface area contributed by atoms with E-state index in [0.717, 1.165) is 5.56 Å². The molecule has 2 amide bonds. The molecule has 1 aliphatic carbocycles. The van der Waals surface area contributed by atoms with Crippen LogP contribution < -0.4 is 15.4 Å². The fourth-order valence-electron chi connectivity index (χ4n) is 5.86. The van der Waals surface area contributed by atoms with Gasteiger partial charge in [-0.2, -0.15) is 4.31 Å². The van der Waals surface area contributed by atoms with Gasteiger partial charge in [0, 0.05) is 32.4 Å². The van der Waals surface area contributed by atoms with E-state index in [0.29, 0.717) is 25.2 Å². The van der Waals surface area contributed by atoms with Crippen LogP contribution in [-0.2, 0) is 30.7 Å². The molecule has 236 valence electrons. The molecule has 1 heterocycles. The molecule has 2 fully saturated rings. The van der Waals surface area contributed by atoms with Gasteiger partial charge in [0.15, 0.2) is 0 Å².